The van der Waals surface area contributed by atoms with Crippen LogP contribution in [0.5, 0.6) is 5.75 Å². The molecule has 1 atom stereocenters. The predicted molar refractivity (Wildman–Crippen MR) is 80.8 cm³/mol. The van der Waals surface area contributed by atoms with Crippen LogP contribution in [-0.4, -0.2) is 7.11 Å². The topological polar surface area (TPSA) is 35.2 Å². The Morgan fingerprint density at radius 1 is 1.15 bits per heavy atom. The fourth-order valence-corrected chi connectivity index (χ4v) is 3.37. The summed E-state index contributed by atoms with van der Waals surface area (Å²) in [5.41, 5.74) is 7.26. The number of para-hydroxylation sites is 1. The number of methoxy groups -OCH3 is 1. The van der Waals surface area contributed by atoms with Gasteiger partial charge in [-0.3, -0.25) is 0 Å². The zero-order chi connectivity index (χ0) is 14.1. The van der Waals surface area contributed by atoms with E-state index in [0.29, 0.717) is 0 Å². The minimum Gasteiger partial charge on any atom is -0.496 e. The van der Waals surface area contributed by atoms with Crippen molar-refractivity contribution in [3.05, 3.63) is 64.8 Å². The molecule has 0 aliphatic heterocycles. The van der Waals surface area contributed by atoms with Gasteiger partial charge in [-0.25, -0.2) is 4.39 Å². The van der Waals surface area contributed by atoms with E-state index in [0.717, 1.165) is 26.3 Å². The van der Waals surface area contributed by atoms with E-state index in [1.165, 1.54) is 17.4 Å². The van der Waals surface area contributed by atoms with Crippen LogP contribution in [0.15, 0.2) is 48.5 Å². The highest BCUT2D eigenvalue weighted by molar-refractivity contribution is 7.19. The molecule has 0 saturated carbocycles. The molecule has 0 bridgehead atoms. The van der Waals surface area contributed by atoms with E-state index in [1.54, 1.807) is 19.2 Å². The first kappa shape index (κ1) is 13.1. The molecule has 2 aromatic carbocycles. The summed E-state index contributed by atoms with van der Waals surface area (Å²) in [6.45, 7) is 0. The average molecular weight is 287 g/mol. The van der Waals surface area contributed by atoms with Gasteiger partial charge in [0.2, 0.25) is 0 Å². The molecule has 2 nitrogen and oxygen atoms in total. The first-order valence-electron chi connectivity index (χ1n) is 6.26. The molecule has 0 radical (unpaired) electrons. The van der Waals surface area contributed by atoms with E-state index in [1.807, 2.05) is 30.3 Å². The van der Waals surface area contributed by atoms with Gasteiger partial charge in [-0.2, -0.15) is 0 Å². The Balaban J connectivity index is 2.05. The zero-order valence-corrected chi connectivity index (χ0v) is 11.8. The lowest BCUT2D eigenvalue weighted by atomic mass is 10.0. The van der Waals surface area contributed by atoms with Crippen LogP contribution in [0.2, 0.25) is 0 Å². The minimum absolute atomic E-state index is 0.225. The Labute approximate surface area is 120 Å². The van der Waals surface area contributed by atoms with E-state index in [4.69, 9.17) is 10.5 Å². The molecular formula is C16H14FNOS. The maximum absolute atomic E-state index is 13.2. The molecule has 102 valence electrons. The summed E-state index contributed by atoms with van der Waals surface area (Å²) in [6.07, 6.45) is 0. The Morgan fingerprint density at radius 2 is 1.95 bits per heavy atom. The summed E-state index contributed by atoms with van der Waals surface area (Å²) in [4.78, 5) is 0.995. The number of hydrogen-bond acceptors (Lipinski definition) is 3. The van der Waals surface area contributed by atoms with E-state index >= 15 is 0 Å². The molecule has 0 spiro atoms. The molecule has 0 fully saturated rings. The molecule has 2 N–H and O–H groups in total. The van der Waals surface area contributed by atoms with Crippen LogP contribution >= 0.6 is 11.3 Å². The zero-order valence-electron chi connectivity index (χ0n) is 11.0. The average Bonchev–Trinajstić information content (AvgIpc) is 2.89. The van der Waals surface area contributed by atoms with Crippen molar-refractivity contribution in [2.24, 2.45) is 5.73 Å². The lowest BCUT2D eigenvalue weighted by Crippen LogP contribution is -2.11. The van der Waals surface area contributed by atoms with Crippen molar-refractivity contribution in [3.8, 4) is 5.75 Å². The third-order valence-electron chi connectivity index (χ3n) is 3.28. The highest BCUT2D eigenvalue weighted by atomic mass is 32.1. The van der Waals surface area contributed by atoms with Crippen LogP contribution in [-0.2, 0) is 0 Å². The number of ether oxygens (including phenoxy) is 1. The van der Waals surface area contributed by atoms with Gasteiger partial charge in [0.15, 0.2) is 0 Å². The van der Waals surface area contributed by atoms with Crippen LogP contribution in [0.3, 0.4) is 0 Å². The quantitative estimate of drug-likeness (QED) is 0.787. The summed E-state index contributed by atoms with van der Waals surface area (Å²) in [5.74, 6) is 0.542. The summed E-state index contributed by atoms with van der Waals surface area (Å²) in [6, 6.07) is 14.2. The predicted octanol–water partition coefficient (Wildman–Crippen LogP) is 4.10. The van der Waals surface area contributed by atoms with E-state index < -0.39 is 0 Å². The Hall–Kier alpha value is -1.91. The number of thiophene rings is 1. The summed E-state index contributed by atoms with van der Waals surface area (Å²) in [5, 5.41) is 1.01. The molecule has 1 aromatic heterocycles. The maximum Gasteiger partial charge on any atom is 0.124 e. The Morgan fingerprint density at radius 3 is 2.75 bits per heavy atom. The van der Waals surface area contributed by atoms with Crippen molar-refractivity contribution in [1.29, 1.82) is 0 Å². The van der Waals surface area contributed by atoms with Gasteiger partial charge in [-0.15, -0.1) is 11.3 Å². The summed E-state index contributed by atoms with van der Waals surface area (Å²) >= 11 is 1.51. The molecule has 1 unspecified atom stereocenters. The number of fused-ring (bicyclic) bond motifs is 1. The lowest BCUT2D eigenvalue weighted by Gasteiger charge is -2.13. The van der Waals surface area contributed by atoms with E-state index in [2.05, 4.69) is 0 Å². The van der Waals surface area contributed by atoms with Crippen LogP contribution in [0.1, 0.15) is 16.5 Å². The Kier molecular flexibility index (Phi) is 3.42. The normalized spacial score (nSPS) is 12.6. The van der Waals surface area contributed by atoms with Gasteiger partial charge in [0.25, 0.3) is 0 Å². The molecule has 1 heterocycles. The number of hydrogen-bond donors (Lipinski definition) is 1. The van der Waals surface area contributed by atoms with Crippen molar-refractivity contribution >= 4 is 21.4 Å². The molecule has 20 heavy (non-hydrogen) atoms. The van der Waals surface area contributed by atoms with Crippen molar-refractivity contribution < 1.29 is 9.13 Å². The molecule has 0 amide bonds. The van der Waals surface area contributed by atoms with Crippen LogP contribution in [0, 0.1) is 5.82 Å². The fraction of sp³-hybridized carbons (Fsp3) is 0.125. The molecule has 3 aromatic rings. The third kappa shape index (κ3) is 2.28. The van der Waals surface area contributed by atoms with Crippen LogP contribution in [0.4, 0.5) is 4.39 Å². The standard InChI is InChI=1S/C16H14FNOS/c1-19-13-5-3-2-4-12(13)16(18)15-8-10-6-7-11(17)9-14(10)20-15/h2-9,16H,18H2,1H3. The maximum atomic E-state index is 13.2. The number of nitrogens with two attached hydrogens (primary N) is 1. The molecule has 3 rings (SSSR count). The second-order valence-electron chi connectivity index (χ2n) is 4.55. The van der Waals surface area contributed by atoms with Gasteiger partial charge in [0.1, 0.15) is 11.6 Å². The lowest BCUT2D eigenvalue weighted by molar-refractivity contribution is 0.408. The smallest absolute Gasteiger partial charge is 0.124 e. The first-order valence-corrected chi connectivity index (χ1v) is 7.08. The molecule has 0 aliphatic carbocycles. The van der Waals surface area contributed by atoms with Gasteiger partial charge >= 0.3 is 0 Å². The molecule has 4 heteroatoms. The Bertz CT molecular complexity index is 753. The first-order chi connectivity index (χ1) is 9.69. The fourth-order valence-electron chi connectivity index (χ4n) is 2.26. The van der Waals surface area contributed by atoms with Gasteiger partial charge in [-0.05, 0) is 29.7 Å². The van der Waals surface area contributed by atoms with E-state index in [9.17, 15) is 4.39 Å². The third-order valence-corrected chi connectivity index (χ3v) is 4.46. The summed E-state index contributed by atoms with van der Waals surface area (Å²) < 4.78 is 19.5. The highest BCUT2D eigenvalue weighted by Gasteiger charge is 2.16. The number of rotatable bonds is 3. The highest BCUT2D eigenvalue weighted by Crippen LogP contribution is 2.35. The van der Waals surface area contributed by atoms with Crippen molar-refractivity contribution in [1.82, 2.24) is 0 Å². The largest absolute Gasteiger partial charge is 0.496 e. The van der Waals surface area contributed by atoms with Gasteiger partial charge in [-0.1, -0.05) is 24.3 Å². The minimum atomic E-state index is -0.272. The van der Waals surface area contributed by atoms with Gasteiger partial charge < -0.3 is 10.5 Å². The van der Waals surface area contributed by atoms with E-state index in [-0.39, 0.29) is 11.9 Å². The summed E-state index contributed by atoms with van der Waals surface area (Å²) in [7, 11) is 1.63. The second-order valence-corrected chi connectivity index (χ2v) is 5.67. The number of halogens is 1. The number of benzene rings is 2. The second kappa shape index (κ2) is 5.23. The van der Waals surface area contributed by atoms with Gasteiger partial charge in [0.05, 0.1) is 13.2 Å². The monoisotopic (exact) mass is 287 g/mol. The van der Waals surface area contributed by atoms with Crippen molar-refractivity contribution in [2.75, 3.05) is 7.11 Å². The van der Waals surface area contributed by atoms with Crippen LogP contribution < -0.4 is 10.5 Å². The van der Waals surface area contributed by atoms with Crippen molar-refractivity contribution in [3.63, 3.8) is 0 Å². The van der Waals surface area contributed by atoms with Crippen LogP contribution in [0.25, 0.3) is 10.1 Å². The SMILES string of the molecule is COc1ccccc1C(N)c1cc2ccc(F)cc2s1. The molecule has 0 aliphatic rings. The molecular weight excluding hydrogens is 273 g/mol. The molecule has 0 saturated heterocycles. The van der Waals surface area contributed by atoms with Gasteiger partial charge in [0, 0.05) is 15.1 Å². The van der Waals surface area contributed by atoms with Crippen molar-refractivity contribution in [2.45, 2.75) is 6.04 Å².